The van der Waals surface area contributed by atoms with Crippen LogP contribution in [0, 0.1) is 13.8 Å². The van der Waals surface area contributed by atoms with Crippen LogP contribution in [0.2, 0.25) is 0 Å². The fourth-order valence-corrected chi connectivity index (χ4v) is 3.98. The predicted octanol–water partition coefficient (Wildman–Crippen LogP) is 4.04. The van der Waals surface area contributed by atoms with E-state index in [1.165, 1.54) is 5.56 Å². The third kappa shape index (κ3) is 5.14. The first kappa shape index (κ1) is 21.1. The first-order chi connectivity index (χ1) is 15.0. The van der Waals surface area contributed by atoms with E-state index in [0.717, 1.165) is 41.5 Å². The molecule has 0 saturated carbocycles. The van der Waals surface area contributed by atoms with Gasteiger partial charge in [0, 0.05) is 30.8 Å². The number of carbonyl (C=O) groups excluding carboxylic acids is 1. The largest absolute Gasteiger partial charge is 0.376 e. The van der Waals surface area contributed by atoms with Crippen LogP contribution < -0.4 is 10.9 Å². The van der Waals surface area contributed by atoms with E-state index in [4.69, 9.17) is 4.74 Å². The molecule has 0 bridgehead atoms. The maximum atomic E-state index is 13.0. The number of H-pyrrole nitrogens is 1. The molecule has 31 heavy (non-hydrogen) atoms. The minimum absolute atomic E-state index is 0.00640. The summed E-state index contributed by atoms with van der Waals surface area (Å²) in [7, 11) is 0. The molecule has 6 heteroatoms. The summed E-state index contributed by atoms with van der Waals surface area (Å²) < 4.78 is 5.76. The van der Waals surface area contributed by atoms with E-state index in [-0.39, 0.29) is 24.2 Å². The van der Waals surface area contributed by atoms with Gasteiger partial charge < -0.3 is 19.9 Å². The number of carbonyl (C=O) groups is 1. The molecule has 162 valence electrons. The highest BCUT2D eigenvalue weighted by atomic mass is 16.5. The lowest BCUT2D eigenvalue weighted by atomic mass is 10.0. The lowest BCUT2D eigenvalue weighted by Gasteiger charge is -2.26. The molecule has 6 nitrogen and oxygen atoms in total. The molecule has 0 radical (unpaired) electrons. The SMILES string of the molecule is Cc1cc2cc(CN(C[C@H]3CCCO3)C(=O)NCc3ccccc3)c(=O)[nH]c2cc1C. The first-order valence-electron chi connectivity index (χ1n) is 10.8. The van der Waals surface area contributed by atoms with E-state index in [0.29, 0.717) is 18.7 Å². The molecule has 1 aliphatic heterocycles. The van der Waals surface area contributed by atoms with E-state index in [1.54, 1.807) is 4.90 Å². The van der Waals surface area contributed by atoms with Crippen LogP contribution in [0.5, 0.6) is 0 Å². The molecule has 0 unspecified atom stereocenters. The number of ether oxygens (including phenoxy) is 1. The summed E-state index contributed by atoms with van der Waals surface area (Å²) >= 11 is 0. The molecule has 1 saturated heterocycles. The second-order valence-electron chi connectivity index (χ2n) is 8.31. The van der Waals surface area contributed by atoms with Crippen LogP contribution in [0.3, 0.4) is 0 Å². The van der Waals surface area contributed by atoms with Gasteiger partial charge in [0.05, 0.1) is 12.6 Å². The minimum atomic E-state index is -0.195. The van der Waals surface area contributed by atoms with E-state index in [2.05, 4.69) is 23.3 Å². The van der Waals surface area contributed by atoms with Crippen LogP contribution in [0.15, 0.2) is 53.3 Å². The molecule has 2 aromatic carbocycles. The van der Waals surface area contributed by atoms with Crippen LogP contribution in [0.1, 0.15) is 35.1 Å². The van der Waals surface area contributed by atoms with Gasteiger partial charge in [-0.05, 0) is 67.0 Å². The highest BCUT2D eigenvalue weighted by Crippen LogP contribution is 2.19. The van der Waals surface area contributed by atoms with Crippen LogP contribution >= 0.6 is 0 Å². The third-order valence-corrected chi connectivity index (χ3v) is 5.92. The topological polar surface area (TPSA) is 74.4 Å². The van der Waals surface area contributed by atoms with Crippen molar-refractivity contribution in [1.82, 2.24) is 15.2 Å². The molecule has 1 aromatic heterocycles. The summed E-state index contributed by atoms with van der Waals surface area (Å²) in [5, 5.41) is 3.96. The number of rotatable bonds is 6. The number of aryl methyl sites for hydroxylation is 2. The monoisotopic (exact) mass is 419 g/mol. The molecule has 4 rings (SSSR count). The van der Waals surface area contributed by atoms with Gasteiger partial charge in [-0.1, -0.05) is 30.3 Å². The Morgan fingerprint density at radius 1 is 1.16 bits per heavy atom. The number of hydrogen-bond donors (Lipinski definition) is 2. The Bertz CT molecular complexity index is 1120. The van der Waals surface area contributed by atoms with Crippen molar-refractivity contribution >= 4 is 16.9 Å². The maximum absolute atomic E-state index is 13.0. The Morgan fingerprint density at radius 2 is 1.94 bits per heavy atom. The Balaban J connectivity index is 1.56. The molecule has 1 fully saturated rings. The molecular weight excluding hydrogens is 390 g/mol. The van der Waals surface area contributed by atoms with Crippen molar-refractivity contribution in [1.29, 1.82) is 0 Å². The van der Waals surface area contributed by atoms with Crippen molar-refractivity contribution in [3.05, 3.63) is 81.1 Å². The van der Waals surface area contributed by atoms with Crippen molar-refractivity contribution < 1.29 is 9.53 Å². The van der Waals surface area contributed by atoms with Crippen LogP contribution in [0.25, 0.3) is 10.9 Å². The lowest BCUT2D eigenvalue weighted by Crippen LogP contribution is -2.43. The van der Waals surface area contributed by atoms with E-state index >= 15 is 0 Å². The molecule has 2 amide bonds. The van der Waals surface area contributed by atoms with Crippen molar-refractivity contribution in [2.24, 2.45) is 0 Å². The molecule has 0 spiro atoms. The third-order valence-electron chi connectivity index (χ3n) is 5.92. The maximum Gasteiger partial charge on any atom is 0.318 e. The highest BCUT2D eigenvalue weighted by molar-refractivity contribution is 5.81. The fourth-order valence-electron chi connectivity index (χ4n) is 3.98. The Hall–Kier alpha value is -3.12. The molecule has 1 aliphatic rings. The number of nitrogens with zero attached hydrogens (tertiary/aromatic N) is 1. The van der Waals surface area contributed by atoms with Gasteiger partial charge in [0.1, 0.15) is 0 Å². The first-order valence-corrected chi connectivity index (χ1v) is 10.8. The standard InChI is InChI=1S/C25H29N3O3/c1-17-11-20-13-21(24(29)27-23(20)12-18(17)2)15-28(16-22-9-6-10-31-22)25(30)26-14-19-7-4-3-5-8-19/h3-5,7-8,11-13,22H,6,9-10,14-16H2,1-2H3,(H,26,30)(H,27,29)/t22-/m1/s1. The summed E-state index contributed by atoms with van der Waals surface area (Å²) in [6.07, 6.45) is 1.93. The molecule has 3 aromatic rings. The summed E-state index contributed by atoms with van der Waals surface area (Å²) in [5.74, 6) is 0. The van der Waals surface area contributed by atoms with E-state index < -0.39 is 0 Å². The van der Waals surface area contributed by atoms with Gasteiger partial charge in [-0.25, -0.2) is 4.79 Å². The molecule has 0 aliphatic carbocycles. The summed E-state index contributed by atoms with van der Waals surface area (Å²) in [5.41, 5.74) is 4.56. The van der Waals surface area contributed by atoms with E-state index in [9.17, 15) is 9.59 Å². The van der Waals surface area contributed by atoms with Crippen LogP contribution in [-0.2, 0) is 17.8 Å². The number of urea groups is 1. The molecule has 2 heterocycles. The van der Waals surface area contributed by atoms with Crippen LogP contribution in [-0.4, -0.2) is 35.2 Å². The van der Waals surface area contributed by atoms with Gasteiger partial charge in [0.25, 0.3) is 5.56 Å². The Kier molecular flexibility index (Phi) is 6.37. The minimum Gasteiger partial charge on any atom is -0.376 e. The summed E-state index contributed by atoms with van der Waals surface area (Å²) in [6, 6.07) is 15.6. The van der Waals surface area contributed by atoms with Crippen molar-refractivity contribution in [2.45, 2.75) is 45.9 Å². The molecule has 1 atom stereocenters. The number of nitrogens with one attached hydrogen (secondary N) is 2. The fraction of sp³-hybridized carbons (Fsp3) is 0.360. The Morgan fingerprint density at radius 3 is 2.68 bits per heavy atom. The Labute approximate surface area is 182 Å². The van der Waals surface area contributed by atoms with Gasteiger partial charge in [-0.15, -0.1) is 0 Å². The van der Waals surface area contributed by atoms with Gasteiger partial charge in [0.2, 0.25) is 0 Å². The molecular formula is C25H29N3O3. The van der Waals surface area contributed by atoms with Gasteiger partial charge in [-0.2, -0.15) is 0 Å². The summed E-state index contributed by atoms with van der Waals surface area (Å²) in [4.78, 5) is 30.5. The second kappa shape index (κ2) is 9.35. The number of benzene rings is 2. The number of amides is 2. The van der Waals surface area contributed by atoms with Crippen molar-refractivity contribution in [2.75, 3.05) is 13.2 Å². The average Bonchev–Trinajstić information content (AvgIpc) is 3.27. The van der Waals surface area contributed by atoms with Gasteiger partial charge >= 0.3 is 6.03 Å². The normalized spacial score (nSPS) is 15.9. The summed E-state index contributed by atoms with van der Waals surface area (Å²) in [6.45, 7) is 5.94. The van der Waals surface area contributed by atoms with E-state index in [1.807, 2.05) is 49.4 Å². The predicted molar refractivity (Wildman–Crippen MR) is 122 cm³/mol. The second-order valence-corrected chi connectivity index (χ2v) is 8.31. The van der Waals surface area contributed by atoms with Gasteiger partial charge in [-0.3, -0.25) is 4.79 Å². The highest BCUT2D eigenvalue weighted by Gasteiger charge is 2.23. The zero-order chi connectivity index (χ0) is 21.8. The number of aromatic amines is 1. The smallest absolute Gasteiger partial charge is 0.318 e. The van der Waals surface area contributed by atoms with Crippen LogP contribution in [0.4, 0.5) is 4.79 Å². The zero-order valence-corrected chi connectivity index (χ0v) is 18.1. The number of hydrogen-bond acceptors (Lipinski definition) is 3. The zero-order valence-electron chi connectivity index (χ0n) is 18.1. The van der Waals surface area contributed by atoms with Gasteiger partial charge in [0.15, 0.2) is 0 Å². The average molecular weight is 420 g/mol. The number of aromatic nitrogens is 1. The number of fused-ring (bicyclic) bond motifs is 1. The molecule has 2 N–H and O–H groups in total. The lowest BCUT2D eigenvalue weighted by molar-refractivity contribution is 0.0793. The van der Waals surface area contributed by atoms with Crippen molar-refractivity contribution in [3.8, 4) is 0 Å². The quantitative estimate of drug-likeness (QED) is 0.633. The number of pyridine rings is 1. The van der Waals surface area contributed by atoms with Crippen molar-refractivity contribution in [3.63, 3.8) is 0 Å².